The Labute approximate surface area is 359 Å². The number of carbonyl (C=O) groups excluding carboxylic acids is 3. The highest BCUT2D eigenvalue weighted by atomic mass is 35.5. The molecule has 61 heavy (non-hydrogen) atoms. The molecule has 5 fully saturated rings. The Morgan fingerprint density at radius 3 is 2.39 bits per heavy atom. The van der Waals surface area contributed by atoms with Crippen LogP contribution in [0.3, 0.4) is 0 Å². The summed E-state index contributed by atoms with van der Waals surface area (Å²) < 4.78 is 7.57. The molecule has 2 N–H and O–H groups in total. The van der Waals surface area contributed by atoms with Crippen LogP contribution in [0, 0.1) is 33.5 Å². The second kappa shape index (κ2) is 15.1. The number of piperidine rings is 2. The molecular weight excluding hydrogens is 796 g/mol. The molecule has 5 aliphatic rings. The highest BCUT2D eigenvalue weighted by Crippen LogP contribution is 2.59. The van der Waals surface area contributed by atoms with Gasteiger partial charge in [-0.3, -0.25) is 24.1 Å². The summed E-state index contributed by atoms with van der Waals surface area (Å²) in [6.07, 6.45) is 4.80. The molecule has 1 saturated carbocycles. The minimum absolute atomic E-state index is 0.0853. The Bertz CT molecular complexity index is 2500. The molecule has 2 aromatic heterocycles. The van der Waals surface area contributed by atoms with Crippen LogP contribution >= 0.6 is 11.6 Å². The van der Waals surface area contributed by atoms with Gasteiger partial charge in [0, 0.05) is 73.3 Å². The number of benzene rings is 2. The van der Waals surface area contributed by atoms with Crippen LogP contribution in [0.1, 0.15) is 81.8 Å². The molecule has 4 aliphatic heterocycles. The molecule has 4 saturated heterocycles. The lowest BCUT2D eigenvalue weighted by Gasteiger charge is -2.65. The van der Waals surface area contributed by atoms with Gasteiger partial charge in [0.05, 0.1) is 27.6 Å². The van der Waals surface area contributed by atoms with Crippen LogP contribution in [0.4, 0.5) is 11.5 Å². The molecule has 2 aromatic carbocycles. The van der Waals surface area contributed by atoms with E-state index in [4.69, 9.17) is 22.1 Å². The van der Waals surface area contributed by atoms with Crippen LogP contribution < -0.4 is 25.8 Å². The number of primary amides is 1. The van der Waals surface area contributed by atoms with E-state index >= 15 is 0 Å². The van der Waals surface area contributed by atoms with Gasteiger partial charge in [0.25, 0.3) is 11.5 Å². The maximum atomic E-state index is 14.3. The highest BCUT2D eigenvalue weighted by molar-refractivity contribution is 6.31. The van der Waals surface area contributed by atoms with Gasteiger partial charge in [0.1, 0.15) is 35.3 Å². The quantitative estimate of drug-likeness (QED) is 0.227. The third-order valence-electron chi connectivity index (χ3n) is 14.2. The molecule has 9 rings (SSSR count). The number of nitrogens with two attached hydrogens (primary N) is 1. The molecule has 16 heteroatoms. The van der Waals surface area contributed by atoms with Crippen LogP contribution in [0.15, 0.2) is 59.5 Å². The van der Waals surface area contributed by atoms with Crippen molar-refractivity contribution in [3.8, 4) is 11.8 Å². The van der Waals surface area contributed by atoms with Crippen LogP contribution in [-0.2, 0) is 9.59 Å². The molecule has 0 bridgehead atoms. The predicted molar refractivity (Wildman–Crippen MR) is 229 cm³/mol. The van der Waals surface area contributed by atoms with E-state index in [1.54, 1.807) is 36.5 Å². The summed E-state index contributed by atoms with van der Waals surface area (Å²) in [7, 11) is 0. The largest absolute Gasteiger partial charge is 0.489 e. The second-order valence-corrected chi connectivity index (χ2v) is 19.4. The predicted octanol–water partition coefficient (Wildman–Crippen LogP) is 4.81. The molecular formula is C45H51ClN10O5. The lowest BCUT2D eigenvalue weighted by molar-refractivity contribution is -0.216. The fourth-order valence-electron chi connectivity index (χ4n) is 11.3. The summed E-state index contributed by atoms with van der Waals surface area (Å²) in [6.45, 7) is 14.9. The number of ether oxygens (including phenoxy) is 1. The molecule has 318 valence electrons. The summed E-state index contributed by atoms with van der Waals surface area (Å²) in [5, 5.41) is 18.7. The minimum atomic E-state index is -0.974. The highest BCUT2D eigenvalue weighted by Gasteiger charge is 2.68. The molecule has 1 spiro atoms. The molecule has 15 nitrogen and oxygen atoms in total. The smallest absolute Gasteiger partial charge is 0.278 e. The zero-order valence-corrected chi connectivity index (χ0v) is 35.8. The van der Waals surface area contributed by atoms with Gasteiger partial charge >= 0.3 is 0 Å². The van der Waals surface area contributed by atoms with E-state index in [-0.39, 0.29) is 29.2 Å². The number of pyridine rings is 1. The average molecular weight is 847 g/mol. The Balaban J connectivity index is 0.816. The first kappa shape index (κ1) is 40.8. The second-order valence-electron chi connectivity index (χ2n) is 19.0. The van der Waals surface area contributed by atoms with Gasteiger partial charge in [0.15, 0.2) is 0 Å². The number of carbonyl (C=O) groups is 3. The number of fused-ring (bicyclic) bond motifs is 1. The van der Waals surface area contributed by atoms with E-state index in [2.05, 4.69) is 30.0 Å². The molecule has 3 amide bonds. The van der Waals surface area contributed by atoms with Crippen molar-refractivity contribution >= 4 is 51.7 Å². The molecule has 0 unspecified atom stereocenters. The van der Waals surface area contributed by atoms with Gasteiger partial charge in [-0.2, -0.15) is 9.94 Å². The number of nitrogens with zero attached hydrogens (tertiary/aromatic N) is 9. The Morgan fingerprint density at radius 1 is 0.967 bits per heavy atom. The Hall–Kier alpha value is -5.59. The summed E-state index contributed by atoms with van der Waals surface area (Å²) in [5.74, 6) is 0.731. The summed E-state index contributed by atoms with van der Waals surface area (Å²) in [4.78, 5) is 66.3. The van der Waals surface area contributed by atoms with Crippen LogP contribution in [0.25, 0.3) is 10.9 Å². The Morgan fingerprint density at radius 2 is 1.72 bits per heavy atom. The third-order valence-corrected chi connectivity index (χ3v) is 14.5. The van der Waals surface area contributed by atoms with Gasteiger partial charge < -0.3 is 25.2 Å². The number of aromatic nitrogens is 4. The molecule has 2 atom stereocenters. The van der Waals surface area contributed by atoms with Gasteiger partial charge in [0.2, 0.25) is 11.8 Å². The molecule has 4 aromatic rings. The van der Waals surface area contributed by atoms with Crippen molar-refractivity contribution in [3.05, 3.63) is 81.2 Å². The van der Waals surface area contributed by atoms with Gasteiger partial charge in [-0.1, -0.05) is 44.5 Å². The van der Waals surface area contributed by atoms with Crippen LogP contribution in [0.2, 0.25) is 5.02 Å². The van der Waals surface area contributed by atoms with Crippen molar-refractivity contribution in [2.45, 2.75) is 78.0 Å². The van der Waals surface area contributed by atoms with Crippen molar-refractivity contribution in [1.82, 2.24) is 29.8 Å². The average Bonchev–Trinajstić information content (AvgIpc) is 3.69. The van der Waals surface area contributed by atoms with E-state index in [1.807, 2.05) is 52.0 Å². The maximum absolute atomic E-state index is 14.3. The number of imide groups is 1. The van der Waals surface area contributed by atoms with E-state index < -0.39 is 46.4 Å². The number of amides is 3. The number of rotatable bonds is 9. The molecule has 0 radical (unpaired) electrons. The number of nitriles is 1. The SMILES string of the molecule is CC1(C)C(Oc2ccc(C#N)c(Cl)c2)C(C)(C)C1N1C(=O)CC[C@@H](n2nnc3cc(N4CC5(CCN(C[C@H]6CCN(c7ccc(C(N)=O)cn7)C6)CC5)C4)ccc3c2=O)C1=O. The van der Waals surface area contributed by atoms with Crippen molar-refractivity contribution in [1.29, 1.82) is 5.26 Å². The first-order valence-corrected chi connectivity index (χ1v) is 21.6. The summed E-state index contributed by atoms with van der Waals surface area (Å²) in [5.41, 5.74) is 6.16. The lowest BCUT2D eigenvalue weighted by atomic mass is 9.48. The number of likely N-dealkylation sites (tertiary alicyclic amines) is 2. The summed E-state index contributed by atoms with van der Waals surface area (Å²) >= 11 is 6.28. The zero-order chi connectivity index (χ0) is 43.0. The van der Waals surface area contributed by atoms with Gasteiger partial charge in [-0.05, 0) is 87.2 Å². The fourth-order valence-corrected chi connectivity index (χ4v) is 11.6. The number of hydrogen-bond donors (Lipinski definition) is 1. The van der Waals surface area contributed by atoms with Crippen molar-refractivity contribution < 1.29 is 19.1 Å². The number of anilines is 2. The maximum Gasteiger partial charge on any atom is 0.278 e. The van der Waals surface area contributed by atoms with Gasteiger partial charge in [-0.25, -0.2) is 4.98 Å². The first-order chi connectivity index (χ1) is 29.1. The number of halogens is 1. The lowest BCUT2D eigenvalue weighted by Crippen LogP contribution is -2.77. The zero-order valence-electron chi connectivity index (χ0n) is 35.0. The van der Waals surface area contributed by atoms with E-state index in [0.29, 0.717) is 33.7 Å². The van der Waals surface area contributed by atoms with E-state index in [1.165, 1.54) is 4.90 Å². The minimum Gasteiger partial charge on any atom is -0.489 e. The first-order valence-electron chi connectivity index (χ1n) is 21.2. The van der Waals surface area contributed by atoms with Gasteiger partial charge in [-0.15, -0.1) is 5.10 Å². The van der Waals surface area contributed by atoms with E-state index in [9.17, 15) is 24.4 Å². The monoisotopic (exact) mass is 846 g/mol. The van der Waals surface area contributed by atoms with E-state index in [0.717, 1.165) is 81.3 Å². The molecule has 1 aliphatic carbocycles. The van der Waals surface area contributed by atoms with Crippen LogP contribution in [-0.4, -0.2) is 105 Å². The van der Waals surface area contributed by atoms with Crippen molar-refractivity contribution in [2.75, 3.05) is 55.6 Å². The van der Waals surface area contributed by atoms with Crippen molar-refractivity contribution in [2.24, 2.45) is 27.9 Å². The normalized spacial score (nSPS) is 25.6. The Kier molecular flexibility index (Phi) is 10.1. The number of hydrogen-bond acceptors (Lipinski definition) is 12. The fraction of sp³-hybridized carbons (Fsp3) is 0.511. The standard InChI is InChI=1S/C45H51ClN10O5/c1-43(2)41(44(3,4)42(43)61-31-8-5-28(21-47)33(46)20-31)55-37(57)12-10-35(40(55)60)56-39(59)32-9-7-30(19-34(32)50-51-56)54-25-45(26-54)14-17-52(18-15-45)23-27-13-16-53(24-27)36-11-6-29(22-49-36)38(48)58/h5-9,11,19-20,22,27,35,41-42H,10,12-18,23-26H2,1-4H3,(H2,48,58)/t27-,35-,41?,42?/m1/s1. The topological polar surface area (TPSA) is 184 Å². The van der Waals surface area contributed by atoms with Crippen LogP contribution in [0.5, 0.6) is 5.75 Å². The molecule has 6 heterocycles. The third kappa shape index (κ3) is 7.07. The van der Waals surface area contributed by atoms with Crippen molar-refractivity contribution in [3.63, 3.8) is 0 Å². The summed E-state index contributed by atoms with van der Waals surface area (Å²) in [6, 6.07) is 14.7.